The molecule has 1 saturated heterocycles. The summed E-state index contributed by atoms with van der Waals surface area (Å²) in [5, 5.41) is 5.52. The molecule has 2 aromatic heterocycles. The molecule has 0 radical (unpaired) electrons. The van der Waals surface area contributed by atoms with Gasteiger partial charge in [0.25, 0.3) is 5.91 Å². The van der Waals surface area contributed by atoms with Gasteiger partial charge in [-0.1, -0.05) is 18.2 Å². The molecule has 3 heterocycles. The van der Waals surface area contributed by atoms with Gasteiger partial charge in [-0.2, -0.15) is 0 Å². The molecule has 3 aromatic rings. The number of pyridine rings is 1. The topological polar surface area (TPSA) is 88.9 Å². The molecule has 25 heavy (non-hydrogen) atoms. The van der Waals surface area contributed by atoms with Crippen LogP contribution >= 0.6 is 0 Å². The van der Waals surface area contributed by atoms with E-state index in [0.717, 1.165) is 12.1 Å². The van der Waals surface area contributed by atoms with Gasteiger partial charge in [0, 0.05) is 18.4 Å². The van der Waals surface area contributed by atoms with Gasteiger partial charge >= 0.3 is 0 Å². The van der Waals surface area contributed by atoms with Gasteiger partial charge in [0.15, 0.2) is 5.65 Å². The van der Waals surface area contributed by atoms with Crippen molar-refractivity contribution in [2.24, 2.45) is 0 Å². The van der Waals surface area contributed by atoms with Crippen LogP contribution in [0.15, 0.2) is 48.9 Å². The number of hydrogen-bond acceptors (Lipinski definition) is 4. The maximum absolute atomic E-state index is 12.4. The zero-order valence-electron chi connectivity index (χ0n) is 13.5. The Morgan fingerprint density at radius 3 is 2.88 bits per heavy atom. The summed E-state index contributed by atoms with van der Waals surface area (Å²) in [7, 11) is 0. The summed E-state index contributed by atoms with van der Waals surface area (Å²) < 4.78 is 1.87. The van der Waals surface area contributed by atoms with Gasteiger partial charge in [-0.25, -0.2) is 9.97 Å². The molecule has 0 bridgehead atoms. The van der Waals surface area contributed by atoms with Gasteiger partial charge in [0.05, 0.1) is 5.56 Å². The highest BCUT2D eigenvalue weighted by molar-refractivity contribution is 5.99. The number of rotatable bonds is 3. The Morgan fingerprint density at radius 1 is 1.24 bits per heavy atom. The minimum Gasteiger partial charge on any atom is -0.354 e. The van der Waals surface area contributed by atoms with E-state index in [1.54, 1.807) is 12.4 Å². The smallest absolute Gasteiger partial charge is 0.253 e. The van der Waals surface area contributed by atoms with Crippen molar-refractivity contribution in [3.8, 4) is 5.69 Å². The summed E-state index contributed by atoms with van der Waals surface area (Å²) in [6.45, 7) is 0.662. The van der Waals surface area contributed by atoms with Crippen LogP contribution in [0, 0.1) is 0 Å². The number of hydrogen-bond donors (Lipinski definition) is 2. The van der Waals surface area contributed by atoms with Crippen LogP contribution in [-0.4, -0.2) is 38.9 Å². The van der Waals surface area contributed by atoms with Gasteiger partial charge in [0.1, 0.15) is 17.9 Å². The highest BCUT2D eigenvalue weighted by Crippen LogP contribution is 2.17. The molecule has 1 atom stereocenters. The van der Waals surface area contributed by atoms with Gasteiger partial charge in [-0.05, 0) is 31.0 Å². The molecule has 0 aliphatic carbocycles. The van der Waals surface area contributed by atoms with Crippen molar-refractivity contribution in [2.75, 3.05) is 6.54 Å². The summed E-state index contributed by atoms with van der Waals surface area (Å²) in [6, 6.07) is 11.0. The van der Waals surface area contributed by atoms with Crippen LogP contribution < -0.4 is 10.6 Å². The van der Waals surface area contributed by atoms with Crippen molar-refractivity contribution in [3.05, 3.63) is 54.5 Å². The number of nitrogens with one attached hydrogen (secondary N) is 2. The van der Waals surface area contributed by atoms with E-state index in [4.69, 9.17) is 0 Å². The Morgan fingerprint density at radius 2 is 2.08 bits per heavy atom. The fourth-order valence-corrected chi connectivity index (χ4v) is 2.95. The largest absolute Gasteiger partial charge is 0.354 e. The maximum atomic E-state index is 12.4. The standard InChI is InChI=1S/C18H17N5O2/c24-17(22-14-7-4-8-19-18(14)25)12-9-15-16(20-10-12)23(11-21-15)13-5-2-1-3-6-13/h1-3,5-6,9-11,14H,4,7-8H2,(H,19,25)(H,22,24). The Bertz CT molecular complexity index is 935. The molecule has 1 aliphatic heterocycles. The molecule has 7 nitrogen and oxygen atoms in total. The number of carbonyl (C=O) groups excluding carboxylic acids is 2. The van der Waals surface area contributed by atoms with E-state index in [-0.39, 0.29) is 11.8 Å². The van der Waals surface area contributed by atoms with Crippen molar-refractivity contribution >= 4 is 23.0 Å². The molecule has 2 N–H and O–H groups in total. The van der Waals surface area contributed by atoms with E-state index in [9.17, 15) is 9.59 Å². The number of imidazole rings is 1. The van der Waals surface area contributed by atoms with Crippen LogP contribution in [0.2, 0.25) is 0 Å². The molecule has 0 saturated carbocycles. The summed E-state index contributed by atoms with van der Waals surface area (Å²) in [4.78, 5) is 32.9. The van der Waals surface area contributed by atoms with E-state index in [1.807, 2.05) is 34.9 Å². The number of aromatic nitrogens is 3. The van der Waals surface area contributed by atoms with E-state index in [1.165, 1.54) is 6.20 Å². The first-order chi connectivity index (χ1) is 12.2. The first-order valence-electron chi connectivity index (χ1n) is 8.19. The lowest BCUT2D eigenvalue weighted by Crippen LogP contribution is -2.50. The van der Waals surface area contributed by atoms with Crippen molar-refractivity contribution in [1.82, 2.24) is 25.2 Å². The predicted molar refractivity (Wildman–Crippen MR) is 92.4 cm³/mol. The average Bonchev–Trinajstić information content (AvgIpc) is 3.07. The molecule has 2 amide bonds. The minimum atomic E-state index is -0.487. The summed E-state index contributed by atoms with van der Waals surface area (Å²) in [6.07, 6.45) is 4.70. The highest BCUT2D eigenvalue weighted by Gasteiger charge is 2.24. The normalized spacial score (nSPS) is 17.3. The molecule has 7 heteroatoms. The van der Waals surface area contributed by atoms with Gasteiger partial charge in [0.2, 0.25) is 5.91 Å². The zero-order chi connectivity index (χ0) is 17.2. The fourth-order valence-electron chi connectivity index (χ4n) is 2.95. The first-order valence-corrected chi connectivity index (χ1v) is 8.19. The second-order valence-corrected chi connectivity index (χ2v) is 5.98. The van der Waals surface area contributed by atoms with E-state index in [2.05, 4.69) is 20.6 Å². The molecule has 1 aromatic carbocycles. The summed E-state index contributed by atoms with van der Waals surface area (Å²) in [5.41, 5.74) is 2.65. The molecule has 1 fully saturated rings. The molecule has 4 rings (SSSR count). The third kappa shape index (κ3) is 2.96. The monoisotopic (exact) mass is 335 g/mol. The Balaban J connectivity index is 1.59. The van der Waals surface area contributed by atoms with Crippen LogP contribution in [0.1, 0.15) is 23.2 Å². The average molecular weight is 335 g/mol. The van der Waals surface area contributed by atoms with E-state index in [0.29, 0.717) is 29.7 Å². The molecule has 126 valence electrons. The Labute approximate surface area is 144 Å². The van der Waals surface area contributed by atoms with Gasteiger partial charge < -0.3 is 10.6 Å². The number of carbonyl (C=O) groups is 2. The quantitative estimate of drug-likeness (QED) is 0.758. The number of piperidine rings is 1. The van der Waals surface area contributed by atoms with E-state index >= 15 is 0 Å². The maximum Gasteiger partial charge on any atom is 0.253 e. The third-order valence-electron chi connectivity index (χ3n) is 4.27. The van der Waals surface area contributed by atoms with Gasteiger partial charge in [-0.15, -0.1) is 0 Å². The van der Waals surface area contributed by atoms with Crippen LogP contribution in [0.3, 0.4) is 0 Å². The van der Waals surface area contributed by atoms with Crippen molar-refractivity contribution < 1.29 is 9.59 Å². The van der Waals surface area contributed by atoms with E-state index < -0.39 is 6.04 Å². The van der Waals surface area contributed by atoms with Crippen LogP contribution in [0.25, 0.3) is 16.9 Å². The lowest BCUT2D eigenvalue weighted by molar-refractivity contribution is -0.124. The second kappa shape index (κ2) is 6.35. The Kier molecular flexibility index (Phi) is 3.89. The predicted octanol–water partition coefficient (Wildman–Crippen LogP) is 1.43. The molecule has 1 aliphatic rings. The summed E-state index contributed by atoms with van der Waals surface area (Å²) >= 11 is 0. The number of nitrogens with zero attached hydrogens (tertiary/aromatic N) is 3. The zero-order valence-corrected chi connectivity index (χ0v) is 13.5. The van der Waals surface area contributed by atoms with Crippen molar-refractivity contribution in [1.29, 1.82) is 0 Å². The number of amides is 2. The third-order valence-corrected chi connectivity index (χ3v) is 4.27. The highest BCUT2D eigenvalue weighted by atomic mass is 16.2. The summed E-state index contributed by atoms with van der Waals surface area (Å²) in [5.74, 6) is -0.451. The fraction of sp³-hybridized carbons (Fsp3) is 0.222. The lowest BCUT2D eigenvalue weighted by atomic mass is 10.1. The second-order valence-electron chi connectivity index (χ2n) is 5.98. The minimum absolute atomic E-state index is 0.137. The number of para-hydroxylation sites is 1. The SMILES string of the molecule is O=C(NC1CCCNC1=O)c1cnc2c(c1)ncn2-c1ccccc1. The van der Waals surface area contributed by atoms with Crippen molar-refractivity contribution in [3.63, 3.8) is 0 Å². The molecular weight excluding hydrogens is 318 g/mol. The van der Waals surface area contributed by atoms with Crippen LogP contribution in [-0.2, 0) is 4.79 Å². The van der Waals surface area contributed by atoms with Gasteiger partial charge in [-0.3, -0.25) is 14.2 Å². The van der Waals surface area contributed by atoms with Crippen LogP contribution in [0.4, 0.5) is 0 Å². The number of fused-ring (bicyclic) bond motifs is 1. The molecular formula is C18H17N5O2. The van der Waals surface area contributed by atoms with Crippen molar-refractivity contribution in [2.45, 2.75) is 18.9 Å². The first kappa shape index (κ1) is 15.3. The van der Waals surface area contributed by atoms with Crippen LogP contribution in [0.5, 0.6) is 0 Å². The number of benzene rings is 1. The lowest BCUT2D eigenvalue weighted by Gasteiger charge is -2.22. The molecule has 0 spiro atoms. The molecule has 1 unspecified atom stereocenters. The Hall–Kier alpha value is -3.22.